The molecule has 2 atom stereocenters. The molecule has 3 N–H and O–H groups in total. The third-order valence-corrected chi connectivity index (χ3v) is 3.22. The highest BCUT2D eigenvalue weighted by molar-refractivity contribution is 8.14. The Hall–Kier alpha value is -0.710. The summed E-state index contributed by atoms with van der Waals surface area (Å²) in [6, 6.07) is -0.332. The fourth-order valence-electron chi connectivity index (χ4n) is 0.966. The molecule has 0 aromatic rings. The second-order valence-electron chi connectivity index (χ2n) is 3.06. The van der Waals surface area contributed by atoms with Gasteiger partial charge in [-0.05, 0) is 13.3 Å². The molecule has 0 saturated carbocycles. The molecule has 0 bridgehead atoms. The minimum Gasteiger partial charge on any atom is -0.368 e. The van der Waals surface area contributed by atoms with Crippen LogP contribution in [0, 0.1) is 0 Å². The SMILES string of the molecule is CCC1CN=C(NC(C)C(N)=O)S1. The molecular weight excluding hydrogens is 186 g/mol. The third-order valence-electron chi connectivity index (χ3n) is 1.94. The predicted molar refractivity (Wildman–Crippen MR) is 55.8 cm³/mol. The van der Waals surface area contributed by atoms with Crippen LogP contribution in [0.25, 0.3) is 0 Å². The van der Waals surface area contributed by atoms with Crippen molar-refractivity contribution in [2.75, 3.05) is 6.54 Å². The molecule has 0 fully saturated rings. The van der Waals surface area contributed by atoms with E-state index in [1.165, 1.54) is 0 Å². The average molecular weight is 201 g/mol. The Balaban J connectivity index is 2.35. The minimum atomic E-state index is -0.344. The van der Waals surface area contributed by atoms with Crippen molar-refractivity contribution in [1.29, 1.82) is 0 Å². The molecule has 0 aromatic carbocycles. The fourth-order valence-corrected chi connectivity index (χ4v) is 1.99. The summed E-state index contributed by atoms with van der Waals surface area (Å²) in [5, 5.41) is 4.38. The summed E-state index contributed by atoms with van der Waals surface area (Å²) in [7, 11) is 0. The van der Waals surface area contributed by atoms with Crippen LogP contribution in [0.2, 0.25) is 0 Å². The van der Waals surface area contributed by atoms with Crippen molar-refractivity contribution >= 4 is 22.8 Å². The molecule has 13 heavy (non-hydrogen) atoms. The zero-order valence-electron chi connectivity index (χ0n) is 7.91. The van der Waals surface area contributed by atoms with E-state index in [1.807, 2.05) is 0 Å². The molecule has 2 unspecified atom stereocenters. The lowest BCUT2D eigenvalue weighted by molar-refractivity contribution is -0.119. The van der Waals surface area contributed by atoms with E-state index < -0.39 is 0 Å². The fraction of sp³-hybridized carbons (Fsp3) is 0.750. The Labute approximate surface area is 82.4 Å². The van der Waals surface area contributed by atoms with E-state index in [0.717, 1.165) is 18.1 Å². The van der Waals surface area contributed by atoms with Gasteiger partial charge < -0.3 is 11.1 Å². The van der Waals surface area contributed by atoms with Gasteiger partial charge in [-0.15, -0.1) is 0 Å². The zero-order valence-corrected chi connectivity index (χ0v) is 8.73. The van der Waals surface area contributed by atoms with Gasteiger partial charge in [0.25, 0.3) is 0 Å². The van der Waals surface area contributed by atoms with Gasteiger partial charge in [-0.3, -0.25) is 9.79 Å². The topological polar surface area (TPSA) is 67.5 Å². The van der Waals surface area contributed by atoms with Crippen LogP contribution in [-0.4, -0.2) is 28.9 Å². The summed E-state index contributed by atoms with van der Waals surface area (Å²) in [6.45, 7) is 4.72. The van der Waals surface area contributed by atoms with Crippen LogP contribution in [0.3, 0.4) is 0 Å². The molecule has 1 heterocycles. The van der Waals surface area contributed by atoms with Crippen LogP contribution in [0.4, 0.5) is 0 Å². The van der Waals surface area contributed by atoms with E-state index in [4.69, 9.17) is 5.73 Å². The maximum Gasteiger partial charge on any atom is 0.239 e. The smallest absolute Gasteiger partial charge is 0.239 e. The number of hydrogen-bond acceptors (Lipinski definition) is 4. The van der Waals surface area contributed by atoms with E-state index in [-0.39, 0.29) is 11.9 Å². The van der Waals surface area contributed by atoms with Crippen molar-refractivity contribution in [3.8, 4) is 0 Å². The van der Waals surface area contributed by atoms with Gasteiger partial charge in [0.15, 0.2) is 5.17 Å². The molecule has 0 aromatic heterocycles. The number of thioether (sulfide) groups is 1. The van der Waals surface area contributed by atoms with Gasteiger partial charge in [-0.1, -0.05) is 18.7 Å². The molecule has 0 aliphatic carbocycles. The van der Waals surface area contributed by atoms with Crippen LogP contribution in [0.5, 0.6) is 0 Å². The van der Waals surface area contributed by atoms with E-state index in [9.17, 15) is 4.79 Å². The molecule has 5 heteroatoms. The molecule has 4 nitrogen and oxygen atoms in total. The van der Waals surface area contributed by atoms with Gasteiger partial charge in [0.2, 0.25) is 5.91 Å². The number of carbonyl (C=O) groups excluding carboxylic acids is 1. The normalized spacial score (nSPS) is 23.8. The Morgan fingerprint density at radius 2 is 2.62 bits per heavy atom. The molecule has 1 aliphatic heterocycles. The second-order valence-corrected chi connectivity index (χ2v) is 4.35. The number of hydrogen-bond donors (Lipinski definition) is 2. The van der Waals surface area contributed by atoms with Crippen LogP contribution in [0.15, 0.2) is 4.99 Å². The maximum absolute atomic E-state index is 10.7. The Morgan fingerprint density at radius 3 is 3.08 bits per heavy atom. The summed E-state index contributed by atoms with van der Waals surface area (Å²) in [6.07, 6.45) is 1.10. The Morgan fingerprint density at radius 1 is 1.92 bits per heavy atom. The first-order valence-corrected chi connectivity index (χ1v) is 5.28. The largest absolute Gasteiger partial charge is 0.368 e. The highest BCUT2D eigenvalue weighted by atomic mass is 32.2. The van der Waals surface area contributed by atoms with Crippen LogP contribution in [0.1, 0.15) is 20.3 Å². The van der Waals surface area contributed by atoms with E-state index in [1.54, 1.807) is 18.7 Å². The van der Waals surface area contributed by atoms with Crippen molar-refractivity contribution in [3.63, 3.8) is 0 Å². The summed E-state index contributed by atoms with van der Waals surface area (Å²) in [4.78, 5) is 15.0. The molecule has 1 aliphatic rings. The highest BCUT2D eigenvalue weighted by Gasteiger charge is 2.20. The van der Waals surface area contributed by atoms with Crippen molar-refractivity contribution in [3.05, 3.63) is 0 Å². The first-order valence-electron chi connectivity index (χ1n) is 4.40. The van der Waals surface area contributed by atoms with Crippen molar-refractivity contribution in [1.82, 2.24) is 5.32 Å². The lowest BCUT2D eigenvalue weighted by Gasteiger charge is -2.10. The molecule has 1 rings (SSSR count). The lowest BCUT2D eigenvalue weighted by Crippen LogP contribution is -2.40. The molecule has 0 spiro atoms. The van der Waals surface area contributed by atoms with Crippen LogP contribution < -0.4 is 11.1 Å². The number of nitrogens with two attached hydrogens (primary N) is 1. The summed E-state index contributed by atoms with van der Waals surface area (Å²) in [5.74, 6) is -0.344. The number of primary amides is 1. The van der Waals surface area contributed by atoms with Crippen molar-refractivity contribution in [2.24, 2.45) is 10.7 Å². The quantitative estimate of drug-likeness (QED) is 0.691. The number of amidine groups is 1. The lowest BCUT2D eigenvalue weighted by atomic mass is 10.3. The predicted octanol–water partition coefficient (Wildman–Crippen LogP) is 0.331. The van der Waals surface area contributed by atoms with Gasteiger partial charge in [0.1, 0.15) is 6.04 Å². The monoisotopic (exact) mass is 201 g/mol. The Bertz CT molecular complexity index is 229. The van der Waals surface area contributed by atoms with Gasteiger partial charge in [0.05, 0.1) is 6.54 Å². The van der Waals surface area contributed by atoms with Crippen LogP contribution >= 0.6 is 11.8 Å². The third kappa shape index (κ3) is 2.91. The molecular formula is C8H15N3OS. The molecule has 1 amide bonds. The van der Waals surface area contributed by atoms with Gasteiger partial charge >= 0.3 is 0 Å². The van der Waals surface area contributed by atoms with Gasteiger partial charge in [-0.25, -0.2) is 0 Å². The first kappa shape index (κ1) is 10.4. The van der Waals surface area contributed by atoms with E-state index in [2.05, 4.69) is 17.2 Å². The number of nitrogens with one attached hydrogen (secondary N) is 1. The summed E-state index contributed by atoms with van der Waals surface area (Å²) in [5.41, 5.74) is 5.12. The molecule has 0 saturated heterocycles. The molecule has 0 radical (unpaired) electrons. The number of carbonyl (C=O) groups is 1. The maximum atomic E-state index is 10.7. The van der Waals surface area contributed by atoms with Gasteiger partial charge in [-0.2, -0.15) is 0 Å². The van der Waals surface area contributed by atoms with Gasteiger partial charge in [0, 0.05) is 5.25 Å². The second kappa shape index (κ2) is 4.50. The number of aliphatic imine (C=N–C) groups is 1. The number of nitrogens with zero attached hydrogens (tertiary/aromatic N) is 1. The van der Waals surface area contributed by atoms with Crippen molar-refractivity contribution < 1.29 is 4.79 Å². The van der Waals surface area contributed by atoms with Crippen molar-refractivity contribution in [2.45, 2.75) is 31.6 Å². The summed E-state index contributed by atoms with van der Waals surface area (Å²) < 4.78 is 0. The highest BCUT2D eigenvalue weighted by Crippen LogP contribution is 2.22. The minimum absolute atomic E-state index is 0.332. The first-order chi connectivity index (χ1) is 6.13. The Kier molecular flexibility index (Phi) is 3.59. The summed E-state index contributed by atoms with van der Waals surface area (Å²) >= 11 is 1.69. The molecule has 74 valence electrons. The number of rotatable bonds is 3. The number of amides is 1. The van der Waals surface area contributed by atoms with E-state index >= 15 is 0 Å². The van der Waals surface area contributed by atoms with Crippen LogP contribution in [-0.2, 0) is 4.79 Å². The standard InChI is InChI=1S/C8H15N3OS/c1-3-6-4-10-8(13-6)11-5(2)7(9)12/h5-6H,3-4H2,1-2H3,(H2,9,12)(H,10,11). The zero-order chi connectivity index (χ0) is 9.84. The average Bonchev–Trinajstić information content (AvgIpc) is 2.52. The van der Waals surface area contributed by atoms with E-state index in [0.29, 0.717) is 5.25 Å².